The van der Waals surface area contributed by atoms with E-state index in [0.29, 0.717) is 12.8 Å². The topological polar surface area (TPSA) is 29.1 Å². The molecule has 0 heterocycles. The molecule has 1 rings (SSSR count). The second-order valence-corrected chi connectivity index (χ2v) is 8.44. The molecular formula is C25H42ClNO. The zero-order chi connectivity index (χ0) is 20.3. The van der Waals surface area contributed by atoms with Crippen LogP contribution < -0.4 is 5.32 Å². The molecule has 1 aromatic carbocycles. The highest BCUT2D eigenvalue weighted by atomic mass is 35.5. The third-order valence-electron chi connectivity index (χ3n) is 5.43. The lowest BCUT2D eigenvalue weighted by Gasteiger charge is -2.06. The molecule has 28 heavy (non-hydrogen) atoms. The molecule has 0 aliphatic carbocycles. The van der Waals surface area contributed by atoms with Crippen molar-refractivity contribution in [3.8, 4) is 0 Å². The molecule has 3 heteroatoms. The first-order chi connectivity index (χ1) is 13.7. The van der Waals surface area contributed by atoms with Gasteiger partial charge in [-0.3, -0.25) is 4.79 Å². The molecule has 1 amide bonds. The highest BCUT2D eigenvalue weighted by molar-refractivity contribution is 6.31. The Morgan fingerprint density at radius 1 is 0.786 bits per heavy atom. The number of unbranched alkanes of at least 4 members (excludes halogenated alkanes) is 13. The summed E-state index contributed by atoms with van der Waals surface area (Å²) in [7, 11) is 0. The first kappa shape index (κ1) is 25.0. The van der Waals surface area contributed by atoms with Crippen LogP contribution >= 0.6 is 11.6 Å². The number of aryl methyl sites for hydroxylation is 1. The lowest BCUT2D eigenvalue weighted by Crippen LogP contribution is -2.24. The smallest absolute Gasteiger partial charge is 0.220 e. The summed E-state index contributed by atoms with van der Waals surface area (Å²) in [5.74, 6) is 0.134. The number of rotatable bonds is 18. The second-order valence-electron chi connectivity index (χ2n) is 8.04. The molecule has 0 saturated heterocycles. The molecule has 1 N–H and O–H groups in total. The van der Waals surface area contributed by atoms with E-state index in [1.807, 2.05) is 24.3 Å². The van der Waals surface area contributed by atoms with Crippen LogP contribution in [-0.4, -0.2) is 12.5 Å². The fourth-order valence-corrected chi connectivity index (χ4v) is 3.82. The average Bonchev–Trinajstić information content (AvgIpc) is 2.70. The molecule has 0 aromatic heterocycles. The Balaban J connectivity index is 1.81. The first-order valence-corrected chi connectivity index (χ1v) is 12.1. The van der Waals surface area contributed by atoms with Gasteiger partial charge in [0.25, 0.3) is 0 Å². The van der Waals surface area contributed by atoms with Gasteiger partial charge in [-0.05, 0) is 24.5 Å². The molecule has 0 saturated carbocycles. The monoisotopic (exact) mass is 407 g/mol. The van der Waals surface area contributed by atoms with Gasteiger partial charge in [0.2, 0.25) is 5.91 Å². The number of carbonyl (C=O) groups is 1. The third-order valence-corrected chi connectivity index (χ3v) is 5.80. The van der Waals surface area contributed by atoms with Gasteiger partial charge < -0.3 is 5.32 Å². The minimum Gasteiger partial charge on any atom is -0.356 e. The molecule has 1 aromatic rings. The van der Waals surface area contributed by atoms with Gasteiger partial charge in [-0.1, -0.05) is 120 Å². The van der Waals surface area contributed by atoms with Crippen molar-refractivity contribution in [2.24, 2.45) is 0 Å². The maximum atomic E-state index is 11.9. The Kier molecular flexibility index (Phi) is 16.1. The number of halogens is 1. The Morgan fingerprint density at radius 2 is 1.29 bits per heavy atom. The molecule has 2 nitrogen and oxygen atoms in total. The molecule has 0 aliphatic rings. The summed E-state index contributed by atoms with van der Waals surface area (Å²) in [5, 5.41) is 3.79. The van der Waals surface area contributed by atoms with Crippen molar-refractivity contribution in [1.29, 1.82) is 0 Å². The van der Waals surface area contributed by atoms with Crippen LogP contribution in [0.3, 0.4) is 0 Å². The van der Waals surface area contributed by atoms with Crippen LogP contribution in [0.2, 0.25) is 5.02 Å². The first-order valence-electron chi connectivity index (χ1n) is 11.7. The summed E-state index contributed by atoms with van der Waals surface area (Å²) in [5.41, 5.74) is 1.05. The van der Waals surface area contributed by atoms with Gasteiger partial charge >= 0.3 is 0 Å². The van der Waals surface area contributed by atoms with Crippen LogP contribution in [0, 0.1) is 0 Å². The summed E-state index contributed by atoms with van der Waals surface area (Å²) in [4.78, 5) is 11.9. The summed E-state index contributed by atoms with van der Waals surface area (Å²) >= 11 is 6.12. The van der Waals surface area contributed by atoms with Gasteiger partial charge in [0, 0.05) is 18.0 Å². The van der Waals surface area contributed by atoms with E-state index in [1.54, 1.807) is 0 Å². The van der Waals surface area contributed by atoms with Crippen molar-refractivity contribution in [3.05, 3.63) is 34.9 Å². The van der Waals surface area contributed by atoms with Gasteiger partial charge in [0.1, 0.15) is 0 Å². The maximum Gasteiger partial charge on any atom is 0.220 e. The number of amides is 1. The predicted molar refractivity (Wildman–Crippen MR) is 123 cm³/mol. The Hall–Kier alpha value is -1.02. The summed E-state index contributed by atoms with van der Waals surface area (Å²) < 4.78 is 0. The predicted octanol–water partition coefficient (Wildman–Crippen LogP) is 7.87. The van der Waals surface area contributed by atoms with E-state index in [4.69, 9.17) is 11.6 Å². The zero-order valence-electron chi connectivity index (χ0n) is 18.1. The number of nitrogens with one attached hydrogen (secondary N) is 1. The number of hydrogen-bond acceptors (Lipinski definition) is 1. The number of benzene rings is 1. The van der Waals surface area contributed by atoms with Crippen LogP contribution in [0.5, 0.6) is 0 Å². The van der Waals surface area contributed by atoms with Crippen LogP contribution in [0.1, 0.15) is 109 Å². The third kappa shape index (κ3) is 14.0. The second kappa shape index (κ2) is 18.0. The molecule has 0 bridgehead atoms. The Bertz CT molecular complexity index is 503. The molecule has 0 radical (unpaired) electrons. The van der Waals surface area contributed by atoms with Crippen LogP contribution in [-0.2, 0) is 11.2 Å². The Labute approximate surface area is 178 Å². The fraction of sp³-hybridized carbons (Fsp3) is 0.720. The SMILES string of the molecule is CCCCCCCCCCCCCCCCNC(=O)CCc1ccccc1Cl. The molecule has 0 aliphatic heterocycles. The van der Waals surface area contributed by atoms with Crippen molar-refractivity contribution in [3.63, 3.8) is 0 Å². The highest BCUT2D eigenvalue weighted by Crippen LogP contribution is 2.16. The number of carbonyl (C=O) groups excluding carboxylic acids is 1. The maximum absolute atomic E-state index is 11.9. The van der Waals surface area contributed by atoms with Gasteiger partial charge in [0.15, 0.2) is 0 Å². The normalized spacial score (nSPS) is 10.9. The molecular weight excluding hydrogens is 366 g/mol. The quantitative estimate of drug-likeness (QED) is 0.246. The van der Waals surface area contributed by atoms with Gasteiger partial charge in [0.05, 0.1) is 0 Å². The largest absolute Gasteiger partial charge is 0.356 e. The standard InChI is InChI=1S/C25H42ClNO/c1-2-3-4-5-6-7-8-9-10-11-12-13-14-17-22-27-25(28)21-20-23-18-15-16-19-24(23)26/h15-16,18-19H,2-14,17,20-22H2,1H3,(H,27,28). The molecule has 0 unspecified atom stereocenters. The van der Waals surface area contributed by atoms with Crippen molar-refractivity contribution in [2.45, 2.75) is 110 Å². The average molecular weight is 408 g/mol. The van der Waals surface area contributed by atoms with Crippen molar-refractivity contribution in [2.75, 3.05) is 6.54 Å². The fourth-order valence-electron chi connectivity index (χ4n) is 3.59. The van der Waals surface area contributed by atoms with Crippen LogP contribution in [0.25, 0.3) is 0 Å². The molecule has 160 valence electrons. The zero-order valence-corrected chi connectivity index (χ0v) is 18.9. The van der Waals surface area contributed by atoms with Gasteiger partial charge in [-0.15, -0.1) is 0 Å². The summed E-state index contributed by atoms with van der Waals surface area (Å²) in [6, 6.07) is 7.75. The van der Waals surface area contributed by atoms with E-state index < -0.39 is 0 Å². The highest BCUT2D eigenvalue weighted by Gasteiger charge is 2.04. The summed E-state index contributed by atoms with van der Waals surface area (Å²) in [6.07, 6.45) is 20.3. The van der Waals surface area contributed by atoms with Crippen LogP contribution in [0.15, 0.2) is 24.3 Å². The van der Waals surface area contributed by atoms with E-state index >= 15 is 0 Å². The lowest BCUT2D eigenvalue weighted by molar-refractivity contribution is -0.121. The van der Waals surface area contributed by atoms with E-state index in [9.17, 15) is 4.79 Å². The van der Waals surface area contributed by atoms with Crippen LogP contribution in [0.4, 0.5) is 0 Å². The van der Waals surface area contributed by atoms with E-state index in [-0.39, 0.29) is 5.91 Å². The molecule has 0 spiro atoms. The number of hydrogen-bond donors (Lipinski definition) is 1. The molecule has 0 atom stereocenters. The van der Waals surface area contributed by atoms with Crippen molar-refractivity contribution < 1.29 is 4.79 Å². The Morgan fingerprint density at radius 3 is 1.82 bits per heavy atom. The van der Waals surface area contributed by atoms with E-state index in [0.717, 1.165) is 23.6 Å². The van der Waals surface area contributed by atoms with E-state index in [1.165, 1.54) is 83.5 Å². The van der Waals surface area contributed by atoms with E-state index in [2.05, 4.69) is 12.2 Å². The minimum atomic E-state index is 0.134. The summed E-state index contributed by atoms with van der Waals surface area (Å²) in [6.45, 7) is 3.08. The van der Waals surface area contributed by atoms with Gasteiger partial charge in [-0.25, -0.2) is 0 Å². The van der Waals surface area contributed by atoms with Crippen molar-refractivity contribution in [1.82, 2.24) is 5.32 Å². The lowest BCUT2D eigenvalue weighted by atomic mass is 10.0. The molecule has 0 fully saturated rings. The van der Waals surface area contributed by atoms with Gasteiger partial charge in [-0.2, -0.15) is 0 Å². The van der Waals surface area contributed by atoms with Crippen molar-refractivity contribution >= 4 is 17.5 Å². The minimum absolute atomic E-state index is 0.134.